The Balaban J connectivity index is 0.00000144. The summed E-state index contributed by atoms with van der Waals surface area (Å²) in [5, 5.41) is 0. The summed E-state index contributed by atoms with van der Waals surface area (Å²) < 4.78 is 5.04. The summed E-state index contributed by atoms with van der Waals surface area (Å²) >= 11 is 0. The van der Waals surface area contributed by atoms with Gasteiger partial charge in [0.25, 0.3) is 0 Å². The molecule has 0 fully saturated rings. The number of nitrogens with two attached hydrogens (primary N) is 1. The zero-order valence-corrected chi connectivity index (χ0v) is 9.70. The van der Waals surface area contributed by atoms with Gasteiger partial charge >= 0.3 is 0 Å². The maximum atomic E-state index is 5.66. The molecule has 0 saturated carbocycles. The molecular weight excluding hydrogens is 230 g/mol. The Morgan fingerprint density at radius 2 is 1.85 bits per heavy atom. The summed E-state index contributed by atoms with van der Waals surface area (Å²) in [7, 11) is 1.67. The fraction of sp³-hybridized carbons (Fsp3) is 0.400. The first-order chi connectivity index (χ1) is 5.72. The van der Waals surface area contributed by atoms with Gasteiger partial charge in [0.15, 0.2) is 0 Å². The summed E-state index contributed by atoms with van der Waals surface area (Å²) in [6.45, 7) is 2.00. The van der Waals surface area contributed by atoms with Crippen molar-refractivity contribution in [3.63, 3.8) is 0 Å². The molecule has 0 radical (unpaired) electrons. The number of benzene rings is 1. The van der Waals surface area contributed by atoms with E-state index in [4.69, 9.17) is 10.5 Å². The Kier molecular flexibility index (Phi) is 5.75. The van der Waals surface area contributed by atoms with Crippen molar-refractivity contribution in [3.8, 4) is 5.75 Å². The molecule has 0 aliphatic carbocycles. The average molecular weight is 246 g/mol. The van der Waals surface area contributed by atoms with Gasteiger partial charge in [-0.2, -0.15) is 0 Å². The molecular formula is C10H16BrNO. The maximum absolute atomic E-state index is 5.66. The minimum atomic E-state index is 0. The van der Waals surface area contributed by atoms with Crippen LogP contribution in [-0.2, 0) is 6.42 Å². The van der Waals surface area contributed by atoms with Gasteiger partial charge in [0.05, 0.1) is 7.11 Å². The molecule has 1 aromatic rings. The van der Waals surface area contributed by atoms with Gasteiger partial charge in [-0.05, 0) is 31.0 Å². The Hall–Kier alpha value is -0.540. The third kappa shape index (κ3) is 4.29. The molecule has 1 aromatic carbocycles. The van der Waals surface area contributed by atoms with Gasteiger partial charge in [-0.1, -0.05) is 12.1 Å². The van der Waals surface area contributed by atoms with E-state index in [0.29, 0.717) is 0 Å². The third-order valence-electron chi connectivity index (χ3n) is 1.72. The van der Waals surface area contributed by atoms with Gasteiger partial charge in [-0.3, -0.25) is 0 Å². The van der Waals surface area contributed by atoms with E-state index < -0.39 is 0 Å². The molecule has 0 amide bonds. The monoisotopic (exact) mass is 245 g/mol. The number of ether oxygens (including phenoxy) is 1. The zero-order valence-electron chi connectivity index (χ0n) is 7.99. The molecule has 1 unspecified atom stereocenters. The molecule has 0 aromatic heterocycles. The molecule has 0 aliphatic heterocycles. The number of hydrogen-bond donors (Lipinski definition) is 1. The van der Waals surface area contributed by atoms with Gasteiger partial charge in [0, 0.05) is 6.04 Å². The van der Waals surface area contributed by atoms with Crippen LogP contribution in [0.25, 0.3) is 0 Å². The lowest BCUT2D eigenvalue weighted by Crippen LogP contribution is -2.17. The lowest BCUT2D eigenvalue weighted by atomic mass is 10.1. The van der Waals surface area contributed by atoms with E-state index in [1.165, 1.54) is 5.56 Å². The van der Waals surface area contributed by atoms with Crippen molar-refractivity contribution in [1.29, 1.82) is 0 Å². The van der Waals surface area contributed by atoms with E-state index in [-0.39, 0.29) is 23.0 Å². The molecule has 2 nitrogen and oxygen atoms in total. The molecule has 13 heavy (non-hydrogen) atoms. The van der Waals surface area contributed by atoms with Crippen LogP contribution in [0.3, 0.4) is 0 Å². The molecule has 1 atom stereocenters. The van der Waals surface area contributed by atoms with Crippen molar-refractivity contribution in [2.75, 3.05) is 7.11 Å². The van der Waals surface area contributed by atoms with Crippen LogP contribution in [0.2, 0.25) is 0 Å². The van der Waals surface area contributed by atoms with Crippen LogP contribution >= 0.6 is 17.0 Å². The number of rotatable bonds is 3. The second kappa shape index (κ2) is 6.00. The van der Waals surface area contributed by atoms with Crippen LogP contribution in [0.1, 0.15) is 12.5 Å². The van der Waals surface area contributed by atoms with Gasteiger partial charge < -0.3 is 10.5 Å². The smallest absolute Gasteiger partial charge is 0.118 e. The van der Waals surface area contributed by atoms with E-state index in [0.717, 1.165) is 12.2 Å². The van der Waals surface area contributed by atoms with Gasteiger partial charge in [-0.15, -0.1) is 17.0 Å². The second-order valence-electron chi connectivity index (χ2n) is 3.03. The van der Waals surface area contributed by atoms with E-state index in [1.54, 1.807) is 7.11 Å². The van der Waals surface area contributed by atoms with Crippen molar-refractivity contribution >= 4 is 17.0 Å². The van der Waals surface area contributed by atoms with Gasteiger partial charge in [0.1, 0.15) is 5.75 Å². The SMILES string of the molecule is Br.COc1ccc(CC(C)N)cc1. The van der Waals surface area contributed by atoms with Crippen LogP contribution < -0.4 is 10.5 Å². The maximum Gasteiger partial charge on any atom is 0.118 e. The molecule has 0 bridgehead atoms. The highest BCUT2D eigenvalue weighted by atomic mass is 79.9. The van der Waals surface area contributed by atoms with Crippen molar-refractivity contribution < 1.29 is 4.74 Å². The Bertz CT molecular complexity index is 233. The molecule has 74 valence electrons. The van der Waals surface area contributed by atoms with Crippen LogP contribution in [0, 0.1) is 0 Å². The Morgan fingerprint density at radius 3 is 2.23 bits per heavy atom. The molecule has 0 heterocycles. The predicted molar refractivity (Wildman–Crippen MR) is 60.7 cm³/mol. The highest BCUT2D eigenvalue weighted by Gasteiger charge is 1.97. The van der Waals surface area contributed by atoms with Crippen LogP contribution in [0.4, 0.5) is 0 Å². The Labute approximate surface area is 89.9 Å². The molecule has 1 rings (SSSR count). The van der Waals surface area contributed by atoms with Crippen LogP contribution in [-0.4, -0.2) is 13.2 Å². The third-order valence-corrected chi connectivity index (χ3v) is 1.72. The lowest BCUT2D eigenvalue weighted by Gasteiger charge is -2.05. The molecule has 0 spiro atoms. The topological polar surface area (TPSA) is 35.2 Å². The predicted octanol–water partition coefficient (Wildman–Crippen LogP) is 2.16. The molecule has 0 saturated heterocycles. The zero-order chi connectivity index (χ0) is 8.97. The summed E-state index contributed by atoms with van der Waals surface area (Å²) in [6.07, 6.45) is 0.921. The molecule has 2 N–H and O–H groups in total. The number of halogens is 1. The summed E-state index contributed by atoms with van der Waals surface area (Å²) in [5.74, 6) is 0.892. The van der Waals surface area contributed by atoms with Crippen molar-refractivity contribution in [2.24, 2.45) is 5.73 Å². The summed E-state index contributed by atoms with van der Waals surface area (Å²) in [4.78, 5) is 0. The van der Waals surface area contributed by atoms with Crippen molar-refractivity contribution in [2.45, 2.75) is 19.4 Å². The normalized spacial score (nSPS) is 11.6. The first-order valence-corrected chi connectivity index (χ1v) is 4.11. The lowest BCUT2D eigenvalue weighted by molar-refractivity contribution is 0.414. The first-order valence-electron chi connectivity index (χ1n) is 4.11. The minimum absolute atomic E-state index is 0. The molecule has 0 aliphatic rings. The van der Waals surface area contributed by atoms with Crippen molar-refractivity contribution in [3.05, 3.63) is 29.8 Å². The molecule has 3 heteroatoms. The van der Waals surface area contributed by atoms with Crippen LogP contribution in [0.15, 0.2) is 24.3 Å². The Morgan fingerprint density at radius 1 is 1.31 bits per heavy atom. The van der Waals surface area contributed by atoms with E-state index in [1.807, 2.05) is 31.2 Å². The largest absolute Gasteiger partial charge is 0.497 e. The minimum Gasteiger partial charge on any atom is -0.497 e. The number of hydrogen-bond acceptors (Lipinski definition) is 2. The summed E-state index contributed by atoms with van der Waals surface area (Å²) in [5.41, 5.74) is 6.92. The summed E-state index contributed by atoms with van der Waals surface area (Å²) in [6, 6.07) is 8.22. The second-order valence-corrected chi connectivity index (χ2v) is 3.03. The van der Waals surface area contributed by atoms with Gasteiger partial charge in [-0.25, -0.2) is 0 Å². The first kappa shape index (κ1) is 12.5. The van der Waals surface area contributed by atoms with Crippen molar-refractivity contribution in [1.82, 2.24) is 0 Å². The van der Waals surface area contributed by atoms with Crippen LogP contribution in [0.5, 0.6) is 5.75 Å². The van der Waals surface area contributed by atoms with Gasteiger partial charge in [0.2, 0.25) is 0 Å². The standard InChI is InChI=1S/C10H15NO.BrH/c1-8(11)7-9-3-5-10(12-2)6-4-9;/h3-6,8H,7,11H2,1-2H3;1H. The van der Waals surface area contributed by atoms with E-state index in [9.17, 15) is 0 Å². The van der Waals surface area contributed by atoms with E-state index in [2.05, 4.69) is 0 Å². The number of methoxy groups -OCH3 is 1. The highest BCUT2D eigenvalue weighted by Crippen LogP contribution is 2.11. The fourth-order valence-electron chi connectivity index (χ4n) is 1.13. The highest BCUT2D eigenvalue weighted by molar-refractivity contribution is 8.93. The van der Waals surface area contributed by atoms with E-state index >= 15 is 0 Å². The average Bonchev–Trinajstić information content (AvgIpc) is 2.05. The quantitative estimate of drug-likeness (QED) is 0.887. The fourth-order valence-corrected chi connectivity index (χ4v) is 1.13.